The fraction of sp³-hybridized carbons (Fsp3) is 0.647. The van der Waals surface area contributed by atoms with Crippen LogP contribution in [-0.4, -0.2) is 6.10 Å². The lowest BCUT2D eigenvalue weighted by Crippen LogP contribution is -2.32. The van der Waals surface area contributed by atoms with E-state index in [1.807, 2.05) is 0 Å². The van der Waals surface area contributed by atoms with Crippen molar-refractivity contribution in [3.05, 3.63) is 29.8 Å². The van der Waals surface area contributed by atoms with Crippen molar-refractivity contribution in [3.8, 4) is 5.75 Å². The van der Waals surface area contributed by atoms with Gasteiger partial charge in [-0.1, -0.05) is 31.9 Å². The van der Waals surface area contributed by atoms with Crippen molar-refractivity contribution in [2.24, 2.45) is 17.7 Å². The summed E-state index contributed by atoms with van der Waals surface area (Å²) in [7, 11) is 0. The van der Waals surface area contributed by atoms with E-state index in [0.29, 0.717) is 12.0 Å². The SMILES string of the molecule is CCC1CCC(C(NN)c2cccc(OC3CC3)c2)C1. The first kappa shape index (κ1) is 13.9. The van der Waals surface area contributed by atoms with Gasteiger partial charge in [-0.05, 0) is 55.2 Å². The van der Waals surface area contributed by atoms with Gasteiger partial charge in [0, 0.05) is 6.04 Å². The van der Waals surface area contributed by atoms with E-state index in [1.165, 1.54) is 44.1 Å². The van der Waals surface area contributed by atoms with Gasteiger partial charge in [-0.25, -0.2) is 0 Å². The molecule has 2 aliphatic rings. The van der Waals surface area contributed by atoms with Crippen LogP contribution in [0.1, 0.15) is 57.1 Å². The van der Waals surface area contributed by atoms with Crippen molar-refractivity contribution in [1.82, 2.24) is 5.43 Å². The highest BCUT2D eigenvalue weighted by Crippen LogP contribution is 2.40. The molecule has 3 heteroatoms. The summed E-state index contributed by atoms with van der Waals surface area (Å²) in [5.74, 6) is 8.37. The molecule has 0 radical (unpaired) electrons. The Morgan fingerprint density at radius 1 is 1.30 bits per heavy atom. The lowest BCUT2D eigenvalue weighted by atomic mass is 9.91. The van der Waals surface area contributed by atoms with Gasteiger partial charge >= 0.3 is 0 Å². The fourth-order valence-corrected chi connectivity index (χ4v) is 3.45. The third-order valence-electron chi connectivity index (χ3n) is 4.85. The van der Waals surface area contributed by atoms with E-state index in [-0.39, 0.29) is 6.04 Å². The molecule has 20 heavy (non-hydrogen) atoms. The monoisotopic (exact) mass is 274 g/mol. The minimum atomic E-state index is 0.259. The van der Waals surface area contributed by atoms with Crippen LogP contribution in [0.5, 0.6) is 5.75 Å². The summed E-state index contributed by atoms with van der Waals surface area (Å²) in [5.41, 5.74) is 4.32. The van der Waals surface area contributed by atoms with E-state index in [0.717, 1.165) is 11.7 Å². The molecule has 1 aromatic carbocycles. The molecule has 0 heterocycles. The first-order chi connectivity index (χ1) is 9.80. The van der Waals surface area contributed by atoms with Crippen molar-refractivity contribution in [2.45, 2.75) is 57.6 Å². The lowest BCUT2D eigenvalue weighted by Gasteiger charge is -2.24. The van der Waals surface area contributed by atoms with Crippen LogP contribution in [0.3, 0.4) is 0 Å². The molecule has 3 nitrogen and oxygen atoms in total. The molecule has 3 unspecified atom stereocenters. The molecule has 0 bridgehead atoms. The van der Waals surface area contributed by atoms with Crippen LogP contribution in [0.2, 0.25) is 0 Å². The number of benzene rings is 1. The maximum absolute atomic E-state index is 5.90. The molecule has 0 aromatic heterocycles. The summed E-state index contributed by atoms with van der Waals surface area (Å²) in [4.78, 5) is 0. The molecule has 1 aromatic rings. The average Bonchev–Trinajstić information content (AvgIpc) is 3.15. The number of hydrazine groups is 1. The lowest BCUT2D eigenvalue weighted by molar-refractivity contribution is 0.301. The zero-order valence-corrected chi connectivity index (χ0v) is 12.3. The Morgan fingerprint density at radius 3 is 2.80 bits per heavy atom. The van der Waals surface area contributed by atoms with Gasteiger partial charge in [0.2, 0.25) is 0 Å². The van der Waals surface area contributed by atoms with Crippen molar-refractivity contribution in [3.63, 3.8) is 0 Å². The summed E-state index contributed by atoms with van der Waals surface area (Å²) in [6.07, 6.45) is 8.05. The maximum Gasteiger partial charge on any atom is 0.120 e. The molecule has 2 fully saturated rings. The van der Waals surface area contributed by atoms with Gasteiger partial charge in [-0.15, -0.1) is 0 Å². The molecule has 0 spiro atoms. The third kappa shape index (κ3) is 3.15. The molecular weight excluding hydrogens is 248 g/mol. The second-order valence-electron chi connectivity index (χ2n) is 6.38. The molecule has 3 rings (SSSR count). The quantitative estimate of drug-likeness (QED) is 0.616. The minimum Gasteiger partial charge on any atom is -0.490 e. The van der Waals surface area contributed by atoms with Crippen molar-refractivity contribution in [2.75, 3.05) is 0 Å². The summed E-state index contributed by atoms with van der Waals surface area (Å²) in [6.45, 7) is 2.29. The first-order valence-corrected chi connectivity index (χ1v) is 8.03. The van der Waals surface area contributed by atoms with Gasteiger partial charge in [-0.3, -0.25) is 11.3 Å². The summed E-state index contributed by atoms with van der Waals surface area (Å²) in [5, 5.41) is 0. The topological polar surface area (TPSA) is 47.3 Å². The Balaban J connectivity index is 1.71. The molecule has 0 aliphatic heterocycles. The Hall–Kier alpha value is -1.06. The number of hydrogen-bond donors (Lipinski definition) is 2. The molecule has 0 saturated heterocycles. The smallest absolute Gasteiger partial charge is 0.120 e. The molecule has 2 saturated carbocycles. The van der Waals surface area contributed by atoms with E-state index < -0.39 is 0 Å². The Bertz CT molecular complexity index is 444. The van der Waals surface area contributed by atoms with E-state index >= 15 is 0 Å². The molecule has 2 aliphatic carbocycles. The Kier molecular flexibility index (Phi) is 4.27. The zero-order chi connectivity index (χ0) is 13.9. The number of hydrogen-bond acceptors (Lipinski definition) is 3. The number of rotatable bonds is 6. The fourth-order valence-electron chi connectivity index (χ4n) is 3.45. The third-order valence-corrected chi connectivity index (χ3v) is 4.85. The molecule has 0 amide bonds. The summed E-state index contributed by atoms with van der Waals surface area (Å²) < 4.78 is 5.90. The van der Waals surface area contributed by atoms with Crippen LogP contribution in [-0.2, 0) is 0 Å². The van der Waals surface area contributed by atoms with Gasteiger partial charge in [0.25, 0.3) is 0 Å². The number of nitrogens with two attached hydrogens (primary N) is 1. The predicted octanol–water partition coefficient (Wildman–Crippen LogP) is 3.56. The minimum absolute atomic E-state index is 0.259. The van der Waals surface area contributed by atoms with Gasteiger partial charge in [0.15, 0.2) is 0 Å². The number of ether oxygens (including phenoxy) is 1. The van der Waals surface area contributed by atoms with Crippen molar-refractivity contribution < 1.29 is 4.74 Å². The summed E-state index contributed by atoms with van der Waals surface area (Å²) >= 11 is 0. The van der Waals surface area contributed by atoms with Gasteiger partial charge in [0.05, 0.1) is 6.10 Å². The molecule has 3 atom stereocenters. The predicted molar refractivity (Wildman–Crippen MR) is 81.3 cm³/mol. The zero-order valence-electron chi connectivity index (χ0n) is 12.3. The molecule has 110 valence electrons. The maximum atomic E-state index is 5.90. The Labute approximate surface area is 121 Å². The normalized spacial score (nSPS) is 27.5. The van der Waals surface area contributed by atoms with Crippen LogP contribution in [0, 0.1) is 11.8 Å². The number of nitrogens with one attached hydrogen (secondary N) is 1. The highest BCUT2D eigenvalue weighted by Gasteiger charge is 2.31. The van der Waals surface area contributed by atoms with Crippen LogP contribution < -0.4 is 16.0 Å². The average molecular weight is 274 g/mol. The highest BCUT2D eigenvalue weighted by atomic mass is 16.5. The van der Waals surface area contributed by atoms with Gasteiger partial charge in [-0.2, -0.15) is 0 Å². The van der Waals surface area contributed by atoms with E-state index in [2.05, 4.69) is 36.6 Å². The van der Waals surface area contributed by atoms with Crippen LogP contribution in [0.25, 0.3) is 0 Å². The van der Waals surface area contributed by atoms with Crippen LogP contribution >= 0.6 is 0 Å². The molecular formula is C17H26N2O. The van der Waals surface area contributed by atoms with Crippen molar-refractivity contribution in [1.29, 1.82) is 0 Å². The second kappa shape index (κ2) is 6.15. The molecule has 3 N–H and O–H groups in total. The van der Waals surface area contributed by atoms with E-state index in [4.69, 9.17) is 10.6 Å². The van der Waals surface area contributed by atoms with Gasteiger partial charge < -0.3 is 4.74 Å². The van der Waals surface area contributed by atoms with Crippen molar-refractivity contribution >= 4 is 0 Å². The second-order valence-corrected chi connectivity index (χ2v) is 6.38. The van der Waals surface area contributed by atoms with Gasteiger partial charge in [0.1, 0.15) is 5.75 Å². The van der Waals surface area contributed by atoms with E-state index in [1.54, 1.807) is 0 Å². The Morgan fingerprint density at radius 2 is 2.15 bits per heavy atom. The largest absolute Gasteiger partial charge is 0.490 e. The van der Waals surface area contributed by atoms with Crippen LogP contribution in [0.4, 0.5) is 0 Å². The summed E-state index contributed by atoms with van der Waals surface area (Å²) in [6, 6.07) is 8.74. The first-order valence-electron chi connectivity index (χ1n) is 8.03. The van der Waals surface area contributed by atoms with E-state index in [9.17, 15) is 0 Å². The standard InChI is InChI=1S/C17H26N2O/c1-2-12-6-7-14(10-12)17(19-18)13-4-3-5-16(11-13)20-15-8-9-15/h3-5,11-12,14-15,17,19H,2,6-10,18H2,1H3. The highest BCUT2D eigenvalue weighted by molar-refractivity contribution is 5.31. The van der Waals surface area contributed by atoms with Crippen LogP contribution in [0.15, 0.2) is 24.3 Å².